The first-order valence-corrected chi connectivity index (χ1v) is 5.76. The molecule has 1 rings (SSSR count). The summed E-state index contributed by atoms with van der Waals surface area (Å²) >= 11 is 0. The van der Waals surface area contributed by atoms with Crippen LogP contribution in [0, 0.1) is 0 Å². The van der Waals surface area contributed by atoms with Crippen molar-refractivity contribution in [2.75, 3.05) is 0 Å². The smallest absolute Gasteiger partial charge is 0.350 e. The van der Waals surface area contributed by atoms with Crippen LogP contribution in [0.2, 0.25) is 0 Å². The fourth-order valence-electron chi connectivity index (χ4n) is 0.704. The lowest BCUT2D eigenvalue weighted by Gasteiger charge is -1.97. The Kier molecular flexibility index (Phi) is 6.56. The van der Waals surface area contributed by atoms with E-state index in [-0.39, 0.29) is 0 Å². The number of hydrogen-bond acceptors (Lipinski definition) is 3. The Balaban J connectivity index is 0.000000302. The molecule has 0 aromatic heterocycles. The molecule has 5 N–H and O–H groups in total. The molecule has 94 valence electrons. The van der Waals surface area contributed by atoms with Crippen molar-refractivity contribution in [2.24, 2.45) is 5.73 Å². The summed E-state index contributed by atoms with van der Waals surface area (Å²) in [6, 6.07) is 8.92. The van der Waals surface area contributed by atoms with Crippen LogP contribution < -0.4 is 16.0 Å². The SMILES string of the molecule is C=Cc1ccccc1.NC(=O)NNS(=O)(=O)O. The topological polar surface area (TPSA) is 122 Å². The van der Waals surface area contributed by atoms with Gasteiger partial charge in [0, 0.05) is 0 Å². The van der Waals surface area contributed by atoms with Gasteiger partial charge in [-0.3, -0.25) is 9.98 Å². The summed E-state index contributed by atoms with van der Waals surface area (Å²) in [6.45, 7) is 3.63. The van der Waals surface area contributed by atoms with Crippen molar-refractivity contribution in [2.45, 2.75) is 0 Å². The van der Waals surface area contributed by atoms with Gasteiger partial charge in [0.1, 0.15) is 0 Å². The lowest BCUT2D eigenvalue weighted by molar-refractivity contribution is 0.247. The summed E-state index contributed by atoms with van der Waals surface area (Å²) in [5.74, 6) is 0. The summed E-state index contributed by atoms with van der Waals surface area (Å²) in [5, 5.41) is 0. The minimum absolute atomic E-state index is 1.10. The Labute approximate surface area is 99.2 Å². The summed E-state index contributed by atoms with van der Waals surface area (Å²) in [7, 11) is -4.38. The quantitative estimate of drug-likeness (QED) is 0.460. The largest absolute Gasteiger partial charge is 0.351 e. The van der Waals surface area contributed by atoms with Crippen molar-refractivity contribution in [3.63, 3.8) is 0 Å². The molecule has 0 bridgehead atoms. The average molecular weight is 259 g/mol. The summed E-state index contributed by atoms with van der Waals surface area (Å²) in [5.41, 5.74) is 7.02. The van der Waals surface area contributed by atoms with Crippen LogP contribution in [0.4, 0.5) is 4.79 Å². The normalized spacial score (nSPS) is 9.71. The second kappa shape index (κ2) is 7.39. The molecule has 0 heterocycles. The number of benzene rings is 1. The van der Waals surface area contributed by atoms with Gasteiger partial charge in [0.15, 0.2) is 0 Å². The number of amides is 2. The number of hydrogen-bond donors (Lipinski definition) is 4. The van der Waals surface area contributed by atoms with Gasteiger partial charge in [-0.2, -0.15) is 8.42 Å². The molecular weight excluding hydrogens is 246 g/mol. The van der Waals surface area contributed by atoms with Crippen molar-refractivity contribution < 1.29 is 17.8 Å². The van der Waals surface area contributed by atoms with E-state index in [1.165, 1.54) is 15.8 Å². The minimum atomic E-state index is -4.38. The number of rotatable bonds is 3. The van der Waals surface area contributed by atoms with Crippen LogP contribution in [-0.4, -0.2) is 19.0 Å². The molecule has 0 saturated carbocycles. The molecule has 0 spiro atoms. The van der Waals surface area contributed by atoms with Gasteiger partial charge in [0.25, 0.3) is 0 Å². The Hall–Kier alpha value is -1.90. The predicted octanol–water partition coefficient (Wildman–Crippen LogP) is 0.292. The second-order valence-electron chi connectivity index (χ2n) is 2.68. The Bertz CT molecular complexity index is 458. The standard InChI is InChI=1S/C8H8.CH5N3O4S/c1-2-8-6-4-3-5-7-8;2-1(5)3-4-9(6,7)8/h2-7H,1H2;4H,(H3,2,3,5)(H,6,7,8). The van der Waals surface area contributed by atoms with Gasteiger partial charge in [-0.05, 0) is 5.56 Å². The van der Waals surface area contributed by atoms with E-state index in [2.05, 4.69) is 12.3 Å². The highest BCUT2D eigenvalue weighted by molar-refractivity contribution is 7.83. The molecule has 0 unspecified atom stereocenters. The zero-order chi connectivity index (χ0) is 13.3. The molecule has 8 heteroatoms. The zero-order valence-electron chi connectivity index (χ0n) is 8.83. The highest BCUT2D eigenvalue weighted by atomic mass is 32.2. The maximum atomic E-state index is 9.72. The molecule has 0 aliphatic carbocycles. The molecule has 0 atom stereocenters. The molecule has 7 nitrogen and oxygen atoms in total. The first-order valence-electron chi connectivity index (χ1n) is 4.32. The predicted molar refractivity (Wildman–Crippen MR) is 63.9 cm³/mol. The van der Waals surface area contributed by atoms with Crippen LogP contribution in [0.25, 0.3) is 6.08 Å². The third kappa shape index (κ3) is 10.4. The highest BCUT2D eigenvalue weighted by Gasteiger charge is 2.01. The van der Waals surface area contributed by atoms with E-state index in [4.69, 9.17) is 4.55 Å². The number of hydrazine groups is 1. The highest BCUT2D eigenvalue weighted by Crippen LogP contribution is 1.97. The number of carbonyl (C=O) groups is 1. The number of carbonyl (C=O) groups excluding carboxylic acids is 1. The van der Waals surface area contributed by atoms with Crippen LogP contribution in [0.1, 0.15) is 5.56 Å². The zero-order valence-corrected chi connectivity index (χ0v) is 9.65. The van der Waals surface area contributed by atoms with Gasteiger partial charge < -0.3 is 5.73 Å². The van der Waals surface area contributed by atoms with E-state index in [0.29, 0.717) is 0 Å². The number of urea groups is 1. The van der Waals surface area contributed by atoms with Crippen molar-refractivity contribution in [3.8, 4) is 0 Å². The molecular formula is C9H13N3O4S. The van der Waals surface area contributed by atoms with Crippen molar-refractivity contribution >= 4 is 22.4 Å². The summed E-state index contributed by atoms with van der Waals surface area (Å²) in [4.78, 5) is 10.9. The Morgan fingerprint density at radius 1 is 1.35 bits per heavy atom. The van der Waals surface area contributed by atoms with Gasteiger partial charge >= 0.3 is 16.3 Å². The van der Waals surface area contributed by atoms with Gasteiger partial charge in [0.2, 0.25) is 0 Å². The van der Waals surface area contributed by atoms with Crippen LogP contribution in [-0.2, 0) is 10.3 Å². The molecule has 2 amide bonds. The first kappa shape index (κ1) is 15.1. The van der Waals surface area contributed by atoms with Gasteiger partial charge in [-0.1, -0.05) is 43.0 Å². The molecule has 0 aliphatic heterocycles. The fourth-order valence-corrected chi connectivity index (χ4v) is 0.933. The molecule has 0 saturated heterocycles. The lowest BCUT2D eigenvalue weighted by Crippen LogP contribution is -2.44. The maximum absolute atomic E-state index is 9.72. The fraction of sp³-hybridized carbons (Fsp3) is 0. The van der Waals surface area contributed by atoms with Gasteiger partial charge in [-0.25, -0.2) is 4.79 Å². The minimum Gasteiger partial charge on any atom is -0.351 e. The van der Waals surface area contributed by atoms with Crippen LogP contribution in [0.15, 0.2) is 36.9 Å². The van der Waals surface area contributed by atoms with Gasteiger partial charge in [-0.15, -0.1) is 4.83 Å². The molecule has 0 radical (unpaired) electrons. The maximum Gasteiger partial charge on any atom is 0.350 e. The first-order chi connectivity index (χ1) is 7.85. The van der Waals surface area contributed by atoms with Crippen molar-refractivity contribution in [1.82, 2.24) is 10.3 Å². The average Bonchev–Trinajstić information content (AvgIpc) is 2.27. The van der Waals surface area contributed by atoms with Crippen LogP contribution in [0.3, 0.4) is 0 Å². The van der Waals surface area contributed by atoms with E-state index in [0.717, 1.165) is 0 Å². The number of nitrogens with two attached hydrogens (primary N) is 1. The number of nitrogens with one attached hydrogen (secondary N) is 2. The van der Waals surface area contributed by atoms with Crippen LogP contribution >= 0.6 is 0 Å². The third-order valence-electron chi connectivity index (χ3n) is 1.34. The number of primary amides is 1. The molecule has 17 heavy (non-hydrogen) atoms. The van der Waals surface area contributed by atoms with Crippen LogP contribution in [0.5, 0.6) is 0 Å². The Morgan fingerprint density at radius 3 is 2.12 bits per heavy atom. The van der Waals surface area contributed by atoms with E-state index in [9.17, 15) is 13.2 Å². The van der Waals surface area contributed by atoms with Crippen molar-refractivity contribution in [1.29, 1.82) is 0 Å². The summed E-state index contributed by atoms with van der Waals surface area (Å²) in [6.07, 6.45) is 1.83. The third-order valence-corrected chi connectivity index (χ3v) is 1.70. The summed E-state index contributed by atoms with van der Waals surface area (Å²) < 4.78 is 27.3. The monoisotopic (exact) mass is 259 g/mol. The molecule has 0 fully saturated rings. The molecule has 0 aliphatic rings. The van der Waals surface area contributed by atoms with E-state index >= 15 is 0 Å². The Morgan fingerprint density at radius 2 is 1.88 bits per heavy atom. The van der Waals surface area contributed by atoms with Crippen molar-refractivity contribution in [3.05, 3.63) is 42.5 Å². The lowest BCUT2D eigenvalue weighted by atomic mass is 10.2. The van der Waals surface area contributed by atoms with Gasteiger partial charge in [0.05, 0.1) is 0 Å². The molecule has 1 aromatic rings. The second-order valence-corrected chi connectivity index (χ2v) is 3.84. The van der Waals surface area contributed by atoms with E-state index < -0.39 is 16.3 Å². The molecule has 1 aromatic carbocycles. The van der Waals surface area contributed by atoms with E-state index in [1.807, 2.05) is 36.4 Å². The van der Waals surface area contributed by atoms with E-state index in [1.54, 1.807) is 0 Å².